The lowest BCUT2D eigenvalue weighted by Crippen LogP contribution is -2.47. The summed E-state index contributed by atoms with van der Waals surface area (Å²) in [5.74, 6) is -26.2. The number of fused-ring (bicyclic) bond motifs is 1. The number of carbonyl (C=O) groups is 3. The summed E-state index contributed by atoms with van der Waals surface area (Å²) in [6, 6.07) is 0.0682. The van der Waals surface area contributed by atoms with E-state index in [1.54, 1.807) is 4.98 Å². The fourth-order valence-corrected chi connectivity index (χ4v) is 2.46. The average Bonchev–Trinajstić information content (AvgIpc) is 3.17. The van der Waals surface area contributed by atoms with Crippen molar-refractivity contribution in [2.75, 3.05) is 0 Å². The number of nitrogens with one attached hydrogen (secondary N) is 1. The lowest BCUT2D eigenvalue weighted by Gasteiger charge is -2.22. The van der Waals surface area contributed by atoms with E-state index in [0.717, 1.165) is 0 Å². The van der Waals surface area contributed by atoms with E-state index in [2.05, 4.69) is 14.2 Å². The Labute approximate surface area is 211 Å². The van der Waals surface area contributed by atoms with Crippen LogP contribution in [0, 0.1) is 0 Å². The molecule has 0 atom stereocenters. The number of hydrogen-bond donors (Lipinski definition) is 1. The van der Waals surface area contributed by atoms with Gasteiger partial charge >= 0.3 is 54.5 Å². The predicted octanol–water partition coefficient (Wildman–Crippen LogP) is 6.02. The van der Waals surface area contributed by atoms with Crippen molar-refractivity contribution in [1.82, 2.24) is 4.98 Å². The van der Waals surface area contributed by atoms with E-state index in [0.29, 0.717) is 0 Å². The SMILES string of the molecule is O=C(OC(C(F)(F)F)C(F)(F)F)c1cc2cc(OC(=O)C(F)(F)C(F)(F)F)c(OC(=O)C(F)(F)C(F)(F)F)cc2[nH]1. The highest BCUT2D eigenvalue weighted by atomic mass is 19.4. The molecule has 2 aromatic rings. The second-order valence-corrected chi connectivity index (χ2v) is 7.36. The van der Waals surface area contributed by atoms with E-state index in [1.165, 1.54) is 0 Å². The van der Waals surface area contributed by atoms with Gasteiger partial charge in [-0.15, -0.1) is 0 Å². The Morgan fingerprint density at radius 1 is 0.610 bits per heavy atom. The van der Waals surface area contributed by atoms with Crippen LogP contribution in [-0.4, -0.2) is 65.5 Å². The van der Waals surface area contributed by atoms with Crippen LogP contribution in [0.15, 0.2) is 18.2 Å². The molecular formula is C18H5F16NO6. The van der Waals surface area contributed by atoms with E-state index >= 15 is 0 Å². The predicted molar refractivity (Wildman–Crippen MR) is 92.9 cm³/mol. The maximum atomic E-state index is 13.3. The third kappa shape index (κ3) is 6.86. The van der Waals surface area contributed by atoms with Crippen molar-refractivity contribution in [2.45, 2.75) is 42.7 Å². The van der Waals surface area contributed by atoms with Crippen molar-refractivity contribution in [1.29, 1.82) is 0 Å². The maximum absolute atomic E-state index is 13.3. The van der Waals surface area contributed by atoms with Gasteiger partial charge in [-0.05, 0) is 12.1 Å². The van der Waals surface area contributed by atoms with Crippen molar-refractivity contribution in [3.8, 4) is 11.5 Å². The molecule has 0 amide bonds. The number of rotatable bonds is 6. The van der Waals surface area contributed by atoms with Crippen LogP contribution < -0.4 is 9.47 Å². The highest BCUT2D eigenvalue weighted by molar-refractivity contribution is 5.97. The molecule has 0 aliphatic carbocycles. The number of benzene rings is 1. The molecule has 0 radical (unpaired) electrons. The summed E-state index contributed by atoms with van der Waals surface area (Å²) in [4.78, 5) is 36.3. The number of ether oxygens (including phenoxy) is 3. The topological polar surface area (TPSA) is 94.7 Å². The van der Waals surface area contributed by atoms with E-state index in [9.17, 15) is 84.6 Å². The normalized spacial score (nSPS) is 13.9. The van der Waals surface area contributed by atoms with E-state index in [4.69, 9.17) is 0 Å². The van der Waals surface area contributed by atoms with Crippen LogP contribution >= 0.6 is 0 Å². The van der Waals surface area contributed by atoms with Gasteiger partial charge < -0.3 is 19.2 Å². The zero-order chi connectivity index (χ0) is 32.1. The summed E-state index contributed by atoms with van der Waals surface area (Å²) < 4.78 is 214. The Hall–Kier alpha value is -3.95. The molecule has 1 aromatic carbocycles. The molecule has 0 saturated heterocycles. The van der Waals surface area contributed by atoms with Crippen molar-refractivity contribution in [2.24, 2.45) is 0 Å². The third-order valence-corrected chi connectivity index (χ3v) is 4.35. The van der Waals surface area contributed by atoms with Gasteiger partial charge in [-0.3, -0.25) is 0 Å². The molecule has 0 bridgehead atoms. The number of aromatic amines is 1. The van der Waals surface area contributed by atoms with Gasteiger partial charge in [0.2, 0.25) is 0 Å². The van der Waals surface area contributed by atoms with E-state index in [-0.39, 0.29) is 18.2 Å². The molecule has 1 N–H and O–H groups in total. The van der Waals surface area contributed by atoms with Gasteiger partial charge in [-0.2, -0.15) is 70.2 Å². The molecule has 0 saturated carbocycles. The van der Waals surface area contributed by atoms with E-state index < -0.39 is 88.7 Å². The Kier molecular flexibility index (Phi) is 8.23. The molecule has 0 aliphatic heterocycles. The van der Waals surface area contributed by atoms with Gasteiger partial charge in [0.1, 0.15) is 5.69 Å². The number of H-pyrrole nitrogens is 1. The number of alkyl halides is 16. The van der Waals surface area contributed by atoms with Gasteiger partial charge in [0.15, 0.2) is 11.5 Å². The molecule has 1 aromatic heterocycles. The minimum Gasteiger partial charge on any atom is -0.438 e. The molecule has 0 aliphatic rings. The second-order valence-electron chi connectivity index (χ2n) is 7.36. The number of carbonyl (C=O) groups excluding carboxylic acids is 3. The summed E-state index contributed by atoms with van der Waals surface area (Å²) in [6.07, 6.45) is -30.5. The standard InChI is InChI=1S/C18H5F16NO6/c19-13(20,17(29,30)31)11(37)39-7-2-4-1-6(9(36)41-10(15(23,24)25)16(26,27)28)35-5(4)3-8(7)40-12(38)14(21,22)18(32,33)34/h1-3,10,35H. The van der Waals surface area contributed by atoms with Crippen LogP contribution in [-0.2, 0) is 14.3 Å². The monoisotopic (exact) mass is 635 g/mol. The Balaban J connectivity index is 2.62. The van der Waals surface area contributed by atoms with Gasteiger partial charge in [-0.1, -0.05) is 0 Å². The molecule has 41 heavy (non-hydrogen) atoms. The Bertz CT molecular complexity index is 1240. The van der Waals surface area contributed by atoms with Crippen molar-refractivity contribution in [3.63, 3.8) is 0 Å². The molecule has 230 valence electrons. The number of esters is 3. The fourth-order valence-electron chi connectivity index (χ4n) is 2.46. The zero-order valence-corrected chi connectivity index (χ0v) is 18.3. The molecule has 23 heteroatoms. The summed E-state index contributed by atoms with van der Waals surface area (Å²) in [5, 5.41) is -0.881. The Morgan fingerprint density at radius 2 is 1.00 bits per heavy atom. The average molecular weight is 635 g/mol. The summed E-state index contributed by atoms with van der Waals surface area (Å²) in [6.45, 7) is 0. The summed E-state index contributed by atoms with van der Waals surface area (Å²) >= 11 is 0. The summed E-state index contributed by atoms with van der Waals surface area (Å²) in [5.41, 5.74) is -2.35. The Morgan fingerprint density at radius 3 is 1.37 bits per heavy atom. The first-order valence-electron chi connectivity index (χ1n) is 9.45. The first-order valence-corrected chi connectivity index (χ1v) is 9.45. The number of halogens is 16. The molecular weight excluding hydrogens is 630 g/mol. The largest absolute Gasteiger partial charge is 0.465 e. The maximum Gasteiger partial charge on any atom is 0.465 e. The lowest BCUT2D eigenvalue weighted by molar-refractivity contribution is -0.307. The highest BCUT2D eigenvalue weighted by Crippen LogP contribution is 2.42. The van der Waals surface area contributed by atoms with Crippen LogP contribution in [0.3, 0.4) is 0 Å². The quantitative estimate of drug-likeness (QED) is 0.237. The molecule has 7 nitrogen and oxygen atoms in total. The molecule has 0 spiro atoms. The highest BCUT2D eigenvalue weighted by Gasteiger charge is 2.66. The number of hydrogen-bond acceptors (Lipinski definition) is 6. The smallest absolute Gasteiger partial charge is 0.438 e. The number of aromatic nitrogens is 1. The van der Waals surface area contributed by atoms with Crippen LogP contribution in [0.2, 0.25) is 0 Å². The molecule has 1 heterocycles. The van der Waals surface area contributed by atoms with E-state index in [1.807, 2.05) is 0 Å². The van der Waals surface area contributed by atoms with Crippen molar-refractivity contribution >= 4 is 28.8 Å². The zero-order valence-electron chi connectivity index (χ0n) is 18.3. The minimum atomic E-state index is -6.68. The fraction of sp³-hybridized carbons (Fsp3) is 0.389. The first-order chi connectivity index (χ1) is 18.1. The van der Waals surface area contributed by atoms with Gasteiger partial charge in [0, 0.05) is 11.5 Å². The van der Waals surface area contributed by atoms with Gasteiger partial charge in [0.05, 0.1) is 5.52 Å². The van der Waals surface area contributed by atoms with Crippen molar-refractivity contribution < 1.29 is 98.8 Å². The first kappa shape index (κ1) is 33.3. The molecule has 2 rings (SSSR count). The molecule has 0 unspecified atom stereocenters. The van der Waals surface area contributed by atoms with Crippen molar-refractivity contribution in [3.05, 3.63) is 23.9 Å². The van der Waals surface area contributed by atoms with Gasteiger partial charge in [0.25, 0.3) is 6.10 Å². The van der Waals surface area contributed by atoms with Gasteiger partial charge in [-0.25, -0.2) is 14.4 Å². The summed E-state index contributed by atoms with van der Waals surface area (Å²) in [7, 11) is 0. The van der Waals surface area contributed by atoms with Crippen LogP contribution in [0.25, 0.3) is 10.9 Å². The second kappa shape index (κ2) is 10.2. The van der Waals surface area contributed by atoms with Crippen LogP contribution in [0.5, 0.6) is 11.5 Å². The van der Waals surface area contributed by atoms with Crippen LogP contribution in [0.1, 0.15) is 10.5 Å². The third-order valence-electron chi connectivity index (χ3n) is 4.35. The minimum absolute atomic E-state index is 0.0493. The lowest BCUT2D eigenvalue weighted by atomic mass is 10.2. The molecule has 0 fully saturated rings. The van der Waals surface area contributed by atoms with Crippen LogP contribution in [0.4, 0.5) is 70.2 Å².